The highest BCUT2D eigenvalue weighted by atomic mass is 32.1. The summed E-state index contributed by atoms with van der Waals surface area (Å²) in [7, 11) is 0. The number of nitrogen functional groups attached to an aromatic ring is 1. The van der Waals surface area contributed by atoms with Crippen LogP contribution in [0.3, 0.4) is 0 Å². The maximum absolute atomic E-state index is 5.64. The van der Waals surface area contributed by atoms with E-state index in [1.54, 1.807) is 12.7 Å². The summed E-state index contributed by atoms with van der Waals surface area (Å²) in [5.74, 6) is 0. The summed E-state index contributed by atoms with van der Waals surface area (Å²) >= 11 is 1.48. The van der Waals surface area contributed by atoms with Gasteiger partial charge >= 0.3 is 0 Å². The van der Waals surface area contributed by atoms with Crippen molar-refractivity contribution >= 4 is 26.7 Å². The Morgan fingerprint density at radius 2 is 2.00 bits per heavy atom. The number of fused-ring (bicyclic) bond motifs is 1. The van der Waals surface area contributed by atoms with Crippen LogP contribution in [0.1, 0.15) is 0 Å². The molecule has 2 heterocycles. The molecule has 1 aromatic carbocycles. The van der Waals surface area contributed by atoms with E-state index in [0.717, 1.165) is 15.9 Å². The molecule has 74 valence electrons. The molecule has 0 saturated heterocycles. The van der Waals surface area contributed by atoms with Gasteiger partial charge in [0.05, 0.1) is 10.2 Å². The molecule has 0 spiro atoms. The first-order valence-electron chi connectivity index (χ1n) is 4.34. The molecule has 3 rings (SSSR count). The molecule has 0 bridgehead atoms. The molecule has 5 nitrogen and oxygen atoms in total. The minimum absolute atomic E-state index is 0.589. The van der Waals surface area contributed by atoms with Gasteiger partial charge in [-0.3, -0.25) is 4.57 Å². The van der Waals surface area contributed by atoms with E-state index in [1.165, 1.54) is 11.3 Å². The van der Waals surface area contributed by atoms with Crippen LogP contribution in [0.2, 0.25) is 0 Å². The average molecular weight is 217 g/mol. The summed E-state index contributed by atoms with van der Waals surface area (Å²) in [5, 5.41) is 8.11. The Balaban J connectivity index is 2.21. The van der Waals surface area contributed by atoms with Gasteiger partial charge in [0.25, 0.3) is 0 Å². The Morgan fingerprint density at radius 3 is 2.80 bits per heavy atom. The number of thiazole rings is 1. The van der Waals surface area contributed by atoms with Crippen LogP contribution >= 0.6 is 11.3 Å². The van der Waals surface area contributed by atoms with Crippen LogP contribution in [0.15, 0.2) is 30.9 Å². The summed E-state index contributed by atoms with van der Waals surface area (Å²) in [4.78, 5) is 4.19. The molecule has 15 heavy (non-hydrogen) atoms. The second-order valence-corrected chi connectivity index (χ2v) is 4.14. The number of nitrogens with two attached hydrogens (primary N) is 1. The minimum atomic E-state index is 0.589. The Bertz CT molecular complexity index is 598. The quantitative estimate of drug-likeness (QED) is 0.670. The molecular weight excluding hydrogens is 210 g/mol. The normalized spacial score (nSPS) is 10.9. The lowest BCUT2D eigenvalue weighted by Crippen LogP contribution is -1.88. The maximum atomic E-state index is 5.64. The number of rotatable bonds is 1. The van der Waals surface area contributed by atoms with Crippen LogP contribution in [0.25, 0.3) is 15.9 Å². The van der Waals surface area contributed by atoms with Gasteiger partial charge in [0.1, 0.15) is 12.7 Å². The topological polar surface area (TPSA) is 69.6 Å². The van der Waals surface area contributed by atoms with E-state index in [1.807, 2.05) is 22.8 Å². The molecule has 0 aliphatic carbocycles. The first kappa shape index (κ1) is 8.37. The largest absolute Gasteiger partial charge is 0.375 e. The lowest BCUT2D eigenvalue weighted by Gasteiger charge is -1.99. The van der Waals surface area contributed by atoms with Crippen LogP contribution in [-0.4, -0.2) is 19.7 Å². The average Bonchev–Trinajstić information content (AvgIpc) is 2.82. The summed E-state index contributed by atoms with van der Waals surface area (Å²) in [6.45, 7) is 0. The van der Waals surface area contributed by atoms with E-state index in [4.69, 9.17) is 5.73 Å². The number of hydrogen-bond donors (Lipinski definition) is 1. The zero-order valence-corrected chi connectivity index (χ0v) is 8.48. The molecular formula is C9H7N5S. The summed E-state index contributed by atoms with van der Waals surface area (Å²) in [6.07, 6.45) is 3.32. The minimum Gasteiger partial charge on any atom is -0.375 e. The van der Waals surface area contributed by atoms with Crippen molar-refractivity contribution < 1.29 is 0 Å². The second-order valence-electron chi connectivity index (χ2n) is 3.07. The third kappa shape index (κ3) is 1.35. The fraction of sp³-hybridized carbons (Fsp3) is 0. The Morgan fingerprint density at radius 1 is 1.20 bits per heavy atom. The summed E-state index contributed by atoms with van der Waals surface area (Å²) in [5.41, 5.74) is 7.57. The van der Waals surface area contributed by atoms with Crippen LogP contribution < -0.4 is 5.73 Å². The van der Waals surface area contributed by atoms with Crippen LogP contribution in [-0.2, 0) is 0 Å². The smallest absolute Gasteiger partial charge is 0.181 e. The first-order valence-corrected chi connectivity index (χ1v) is 5.16. The third-order valence-electron chi connectivity index (χ3n) is 2.11. The van der Waals surface area contributed by atoms with E-state index in [0.29, 0.717) is 5.13 Å². The predicted octanol–water partition coefficient (Wildman–Crippen LogP) is 1.46. The van der Waals surface area contributed by atoms with Gasteiger partial charge in [-0.1, -0.05) is 11.3 Å². The Hall–Kier alpha value is -1.95. The van der Waals surface area contributed by atoms with E-state index in [9.17, 15) is 0 Å². The van der Waals surface area contributed by atoms with Crippen LogP contribution in [0.5, 0.6) is 0 Å². The number of hydrogen-bond acceptors (Lipinski definition) is 5. The molecule has 0 fully saturated rings. The Labute approximate surface area is 89.2 Å². The van der Waals surface area contributed by atoms with Crippen LogP contribution in [0.4, 0.5) is 5.13 Å². The number of anilines is 1. The molecule has 0 amide bonds. The SMILES string of the molecule is Nc1nc2ccc(-n3cnnc3)cc2s1. The number of benzene rings is 1. The van der Waals surface area contributed by atoms with Crippen LogP contribution in [0, 0.1) is 0 Å². The van der Waals surface area contributed by atoms with Crippen molar-refractivity contribution in [3.63, 3.8) is 0 Å². The molecule has 0 saturated carbocycles. The molecule has 0 atom stereocenters. The fourth-order valence-corrected chi connectivity index (χ4v) is 2.19. The van der Waals surface area contributed by atoms with Crippen molar-refractivity contribution in [1.29, 1.82) is 0 Å². The molecule has 0 radical (unpaired) electrons. The highest BCUT2D eigenvalue weighted by Gasteiger charge is 2.03. The zero-order valence-electron chi connectivity index (χ0n) is 7.66. The highest BCUT2D eigenvalue weighted by Crippen LogP contribution is 2.25. The van der Waals surface area contributed by atoms with Gasteiger partial charge in [-0.15, -0.1) is 10.2 Å². The van der Waals surface area contributed by atoms with Crippen molar-refractivity contribution in [2.75, 3.05) is 5.73 Å². The number of nitrogens with zero attached hydrogens (tertiary/aromatic N) is 4. The van der Waals surface area contributed by atoms with Gasteiger partial charge in [-0.2, -0.15) is 0 Å². The standard InChI is InChI=1S/C9H7N5S/c10-9-13-7-2-1-6(3-8(7)15-9)14-4-11-12-5-14/h1-5H,(H2,10,13). The van der Waals surface area contributed by atoms with Crippen molar-refractivity contribution in [3.8, 4) is 5.69 Å². The van der Waals surface area contributed by atoms with Gasteiger partial charge in [0, 0.05) is 5.69 Å². The lowest BCUT2D eigenvalue weighted by molar-refractivity contribution is 1.06. The fourth-order valence-electron chi connectivity index (χ4n) is 1.43. The maximum Gasteiger partial charge on any atom is 0.181 e. The van der Waals surface area contributed by atoms with Gasteiger partial charge in [-0.05, 0) is 18.2 Å². The van der Waals surface area contributed by atoms with E-state index >= 15 is 0 Å². The highest BCUT2D eigenvalue weighted by molar-refractivity contribution is 7.22. The van der Waals surface area contributed by atoms with E-state index in [2.05, 4.69) is 15.2 Å². The summed E-state index contributed by atoms with van der Waals surface area (Å²) < 4.78 is 2.91. The third-order valence-corrected chi connectivity index (χ3v) is 2.95. The molecule has 3 aromatic rings. The van der Waals surface area contributed by atoms with Gasteiger partial charge < -0.3 is 5.73 Å². The van der Waals surface area contributed by atoms with E-state index in [-0.39, 0.29) is 0 Å². The molecule has 2 N–H and O–H groups in total. The molecule has 6 heteroatoms. The molecule has 2 aromatic heterocycles. The predicted molar refractivity (Wildman–Crippen MR) is 58.9 cm³/mol. The lowest BCUT2D eigenvalue weighted by atomic mass is 10.3. The Kier molecular flexibility index (Phi) is 1.69. The van der Waals surface area contributed by atoms with Crippen molar-refractivity contribution in [3.05, 3.63) is 30.9 Å². The number of aromatic nitrogens is 4. The van der Waals surface area contributed by atoms with Crippen molar-refractivity contribution in [2.24, 2.45) is 0 Å². The first-order chi connectivity index (χ1) is 7.33. The zero-order chi connectivity index (χ0) is 10.3. The van der Waals surface area contributed by atoms with Crippen molar-refractivity contribution in [1.82, 2.24) is 19.7 Å². The van der Waals surface area contributed by atoms with Gasteiger partial charge in [-0.25, -0.2) is 4.98 Å². The van der Waals surface area contributed by atoms with E-state index < -0.39 is 0 Å². The second kappa shape index (κ2) is 3.03. The van der Waals surface area contributed by atoms with Crippen molar-refractivity contribution in [2.45, 2.75) is 0 Å². The molecule has 0 unspecified atom stereocenters. The molecule has 0 aliphatic rings. The van der Waals surface area contributed by atoms with Gasteiger partial charge in [0.15, 0.2) is 5.13 Å². The summed E-state index contributed by atoms with van der Waals surface area (Å²) in [6, 6.07) is 5.93. The molecule has 0 aliphatic heterocycles. The van der Waals surface area contributed by atoms with Gasteiger partial charge in [0.2, 0.25) is 0 Å². The monoisotopic (exact) mass is 217 g/mol.